The van der Waals surface area contributed by atoms with Gasteiger partial charge in [0.1, 0.15) is 5.75 Å². The van der Waals surface area contributed by atoms with E-state index >= 15 is 0 Å². The molecule has 0 unspecified atom stereocenters. The Morgan fingerprint density at radius 2 is 2.35 bits per heavy atom. The van der Waals surface area contributed by atoms with Crippen molar-refractivity contribution in [1.82, 2.24) is 14.7 Å². The molecule has 1 aliphatic rings. The third-order valence-corrected chi connectivity index (χ3v) is 4.36. The fourth-order valence-electron chi connectivity index (χ4n) is 3.07. The first-order valence-corrected chi connectivity index (χ1v) is 8.31. The molecule has 23 heavy (non-hydrogen) atoms. The van der Waals surface area contributed by atoms with E-state index in [-0.39, 0.29) is 0 Å². The van der Waals surface area contributed by atoms with Gasteiger partial charge in [0.15, 0.2) is 0 Å². The molecule has 1 atom stereocenters. The van der Waals surface area contributed by atoms with Crippen molar-refractivity contribution in [3.8, 4) is 11.4 Å². The average molecular weight is 315 g/mol. The molecule has 1 aromatic heterocycles. The van der Waals surface area contributed by atoms with Crippen molar-refractivity contribution >= 4 is 0 Å². The van der Waals surface area contributed by atoms with Crippen molar-refractivity contribution in [3.05, 3.63) is 42.2 Å². The number of nitrogens with zero attached hydrogens (tertiary/aromatic N) is 3. The fraction of sp³-hybridized carbons (Fsp3) is 0.500. The molecular formula is C18H25N3O2. The maximum atomic E-state index is 5.79. The summed E-state index contributed by atoms with van der Waals surface area (Å²) in [6.45, 7) is 5.94. The number of benzene rings is 1. The van der Waals surface area contributed by atoms with Crippen molar-refractivity contribution in [2.45, 2.75) is 32.4 Å². The van der Waals surface area contributed by atoms with Gasteiger partial charge in [-0.1, -0.05) is 6.92 Å². The topological polar surface area (TPSA) is 39.5 Å². The van der Waals surface area contributed by atoms with Gasteiger partial charge in [0.05, 0.1) is 18.9 Å². The minimum Gasteiger partial charge on any atom is -0.497 e. The van der Waals surface area contributed by atoms with Gasteiger partial charge in [-0.3, -0.25) is 4.90 Å². The van der Waals surface area contributed by atoms with E-state index in [4.69, 9.17) is 9.47 Å². The van der Waals surface area contributed by atoms with Gasteiger partial charge in [-0.05, 0) is 49.2 Å². The number of rotatable bonds is 7. The molecule has 0 radical (unpaired) electrons. The zero-order chi connectivity index (χ0) is 16.1. The van der Waals surface area contributed by atoms with Gasteiger partial charge in [0, 0.05) is 32.1 Å². The minimum absolute atomic E-state index is 0.369. The molecule has 0 bridgehead atoms. The highest BCUT2D eigenvalue weighted by molar-refractivity contribution is 5.45. The smallest absolute Gasteiger partial charge is 0.119 e. The molecule has 0 saturated carbocycles. The van der Waals surface area contributed by atoms with Crippen molar-refractivity contribution in [2.24, 2.45) is 0 Å². The van der Waals surface area contributed by atoms with E-state index in [2.05, 4.69) is 29.1 Å². The summed E-state index contributed by atoms with van der Waals surface area (Å²) in [6.07, 6.45) is 6.49. The third kappa shape index (κ3) is 3.92. The Balaban J connectivity index is 1.81. The molecule has 1 fully saturated rings. The van der Waals surface area contributed by atoms with Gasteiger partial charge in [-0.2, -0.15) is 5.10 Å². The Labute approximate surface area is 137 Å². The van der Waals surface area contributed by atoms with Crippen LogP contribution < -0.4 is 4.74 Å². The van der Waals surface area contributed by atoms with Crippen molar-refractivity contribution in [1.29, 1.82) is 0 Å². The van der Waals surface area contributed by atoms with E-state index in [0.29, 0.717) is 6.10 Å². The Morgan fingerprint density at radius 3 is 3.00 bits per heavy atom. The molecule has 1 saturated heterocycles. The summed E-state index contributed by atoms with van der Waals surface area (Å²) in [5.41, 5.74) is 2.31. The molecule has 5 nitrogen and oxygen atoms in total. The van der Waals surface area contributed by atoms with Gasteiger partial charge >= 0.3 is 0 Å². The zero-order valence-electron chi connectivity index (χ0n) is 13.9. The van der Waals surface area contributed by atoms with Gasteiger partial charge in [0.2, 0.25) is 0 Å². The molecule has 3 rings (SSSR count). The minimum atomic E-state index is 0.369. The number of likely N-dealkylation sites (N-methyl/N-ethyl adjacent to an activating group) is 1. The Kier molecular flexibility index (Phi) is 5.31. The van der Waals surface area contributed by atoms with Crippen LogP contribution in [0.5, 0.6) is 5.75 Å². The molecule has 2 heterocycles. The standard InChI is InChI=1S/C18H25N3O2/c1-3-20(14-17-6-4-11-23-17)13-15-12-16(22-2)7-8-18(15)21-10-5-9-19-21/h5,7-10,12,17H,3-4,6,11,13-14H2,1-2H3/t17-/m1/s1. The summed E-state index contributed by atoms with van der Waals surface area (Å²) in [5.74, 6) is 0.879. The van der Waals surface area contributed by atoms with Crippen LogP contribution in [0.4, 0.5) is 0 Å². The second-order valence-corrected chi connectivity index (χ2v) is 5.91. The van der Waals surface area contributed by atoms with Crippen LogP contribution in [-0.4, -0.2) is 47.6 Å². The molecule has 124 valence electrons. The molecule has 0 amide bonds. The maximum absolute atomic E-state index is 5.79. The van der Waals surface area contributed by atoms with Gasteiger partial charge < -0.3 is 9.47 Å². The van der Waals surface area contributed by atoms with E-state index in [1.165, 1.54) is 18.4 Å². The van der Waals surface area contributed by atoms with E-state index in [1.54, 1.807) is 13.3 Å². The second-order valence-electron chi connectivity index (χ2n) is 5.91. The molecule has 5 heteroatoms. The largest absolute Gasteiger partial charge is 0.497 e. The highest BCUT2D eigenvalue weighted by Crippen LogP contribution is 2.23. The van der Waals surface area contributed by atoms with Gasteiger partial charge in [-0.25, -0.2) is 4.68 Å². The van der Waals surface area contributed by atoms with Crippen LogP contribution in [-0.2, 0) is 11.3 Å². The second kappa shape index (κ2) is 7.62. The summed E-state index contributed by atoms with van der Waals surface area (Å²) < 4.78 is 13.1. The number of hydrogen-bond donors (Lipinski definition) is 0. The first kappa shape index (κ1) is 16.0. The molecular weight excluding hydrogens is 290 g/mol. The van der Waals surface area contributed by atoms with E-state index in [1.807, 2.05) is 23.0 Å². The first-order valence-electron chi connectivity index (χ1n) is 8.31. The lowest BCUT2D eigenvalue weighted by atomic mass is 10.1. The first-order chi connectivity index (χ1) is 11.3. The summed E-state index contributed by atoms with van der Waals surface area (Å²) in [6, 6.07) is 8.10. The third-order valence-electron chi connectivity index (χ3n) is 4.36. The summed E-state index contributed by atoms with van der Waals surface area (Å²) in [5, 5.41) is 4.37. The molecule has 0 spiro atoms. The van der Waals surface area contributed by atoms with Crippen LogP contribution in [0, 0.1) is 0 Å². The van der Waals surface area contributed by atoms with Crippen LogP contribution in [0.3, 0.4) is 0 Å². The SMILES string of the molecule is CCN(Cc1cc(OC)ccc1-n1cccn1)C[C@H]1CCCO1. The lowest BCUT2D eigenvalue weighted by molar-refractivity contribution is 0.0724. The monoisotopic (exact) mass is 315 g/mol. The summed E-state index contributed by atoms with van der Waals surface area (Å²) in [7, 11) is 1.71. The zero-order valence-corrected chi connectivity index (χ0v) is 13.9. The fourth-order valence-corrected chi connectivity index (χ4v) is 3.07. The molecule has 0 aliphatic carbocycles. The summed E-state index contributed by atoms with van der Waals surface area (Å²) >= 11 is 0. The molecule has 1 aromatic carbocycles. The van der Waals surface area contributed by atoms with Crippen LogP contribution in [0.25, 0.3) is 5.69 Å². The maximum Gasteiger partial charge on any atom is 0.119 e. The van der Waals surface area contributed by atoms with E-state index in [9.17, 15) is 0 Å². The van der Waals surface area contributed by atoms with Crippen LogP contribution in [0.15, 0.2) is 36.7 Å². The van der Waals surface area contributed by atoms with Crippen molar-refractivity contribution in [2.75, 3.05) is 26.8 Å². The Hall–Kier alpha value is -1.85. The van der Waals surface area contributed by atoms with E-state index in [0.717, 1.165) is 37.7 Å². The average Bonchev–Trinajstić information content (AvgIpc) is 3.27. The lowest BCUT2D eigenvalue weighted by Crippen LogP contribution is -2.32. The highest BCUT2D eigenvalue weighted by Gasteiger charge is 2.19. The van der Waals surface area contributed by atoms with Crippen LogP contribution in [0.1, 0.15) is 25.3 Å². The van der Waals surface area contributed by atoms with Crippen molar-refractivity contribution < 1.29 is 9.47 Å². The Bertz CT molecular complexity index is 607. The number of aromatic nitrogens is 2. The molecule has 0 N–H and O–H groups in total. The van der Waals surface area contributed by atoms with Gasteiger partial charge in [0.25, 0.3) is 0 Å². The van der Waals surface area contributed by atoms with E-state index < -0.39 is 0 Å². The number of hydrogen-bond acceptors (Lipinski definition) is 4. The predicted octanol–water partition coefficient (Wildman–Crippen LogP) is 2.88. The lowest BCUT2D eigenvalue weighted by Gasteiger charge is -2.25. The molecule has 1 aliphatic heterocycles. The normalized spacial score (nSPS) is 17.8. The van der Waals surface area contributed by atoms with Crippen LogP contribution in [0.2, 0.25) is 0 Å². The predicted molar refractivity (Wildman–Crippen MR) is 90.0 cm³/mol. The number of methoxy groups -OCH3 is 1. The number of ether oxygens (including phenoxy) is 2. The molecule has 2 aromatic rings. The quantitative estimate of drug-likeness (QED) is 0.787. The van der Waals surface area contributed by atoms with Crippen LogP contribution >= 0.6 is 0 Å². The summed E-state index contributed by atoms with van der Waals surface area (Å²) in [4.78, 5) is 2.43. The van der Waals surface area contributed by atoms with Crippen molar-refractivity contribution in [3.63, 3.8) is 0 Å². The van der Waals surface area contributed by atoms with Gasteiger partial charge in [-0.15, -0.1) is 0 Å². The Morgan fingerprint density at radius 1 is 1.43 bits per heavy atom. The highest BCUT2D eigenvalue weighted by atomic mass is 16.5.